The van der Waals surface area contributed by atoms with E-state index in [9.17, 15) is 0 Å². The van der Waals surface area contributed by atoms with E-state index in [1.54, 1.807) is 0 Å². The molecule has 10 rings (SSSR count). The van der Waals surface area contributed by atoms with Crippen molar-refractivity contribution < 1.29 is 0 Å². The van der Waals surface area contributed by atoms with E-state index in [-0.39, 0.29) is 0 Å². The van der Waals surface area contributed by atoms with E-state index in [1.165, 1.54) is 61.2 Å². The molecule has 244 valence electrons. The number of benzene rings is 8. The van der Waals surface area contributed by atoms with Crippen LogP contribution in [0.15, 0.2) is 206 Å². The van der Waals surface area contributed by atoms with Crippen molar-refractivity contribution >= 4 is 28.7 Å². The predicted octanol–water partition coefficient (Wildman–Crippen LogP) is 13.1. The Morgan fingerprint density at radius 1 is 0.346 bits per heavy atom. The van der Waals surface area contributed by atoms with E-state index in [4.69, 9.17) is 0 Å². The monoisotopic (exact) mass is 661 g/mol. The summed E-state index contributed by atoms with van der Waals surface area (Å²) in [6.45, 7) is 0. The summed E-state index contributed by atoms with van der Waals surface area (Å²) in [5, 5.41) is 0. The van der Waals surface area contributed by atoms with Crippen LogP contribution in [0.3, 0.4) is 0 Å². The highest BCUT2D eigenvalue weighted by atomic mass is 15.1. The molecule has 2 aliphatic rings. The molecule has 0 aromatic heterocycles. The van der Waals surface area contributed by atoms with Gasteiger partial charge in [0.2, 0.25) is 0 Å². The molecule has 52 heavy (non-hydrogen) atoms. The topological polar surface area (TPSA) is 3.24 Å². The van der Waals surface area contributed by atoms with Gasteiger partial charge in [-0.3, -0.25) is 0 Å². The lowest BCUT2D eigenvalue weighted by atomic mass is 9.70. The van der Waals surface area contributed by atoms with Crippen molar-refractivity contribution in [2.75, 3.05) is 4.90 Å². The van der Waals surface area contributed by atoms with Gasteiger partial charge < -0.3 is 4.90 Å². The molecular weight excluding hydrogens is 627 g/mol. The number of anilines is 3. The van der Waals surface area contributed by atoms with Gasteiger partial charge >= 0.3 is 0 Å². The van der Waals surface area contributed by atoms with Crippen LogP contribution in [-0.2, 0) is 5.41 Å². The molecule has 0 N–H and O–H groups in total. The van der Waals surface area contributed by atoms with Gasteiger partial charge in [-0.05, 0) is 109 Å². The Morgan fingerprint density at radius 3 is 1.27 bits per heavy atom. The molecule has 0 atom stereocenters. The van der Waals surface area contributed by atoms with E-state index in [2.05, 4.69) is 217 Å². The Kier molecular flexibility index (Phi) is 7.11. The Hall–Kier alpha value is -6.70. The van der Waals surface area contributed by atoms with Crippen molar-refractivity contribution in [1.29, 1.82) is 0 Å². The van der Waals surface area contributed by atoms with Gasteiger partial charge in [-0.15, -0.1) is 0 Å². The van der Waals surface area contributed by atoms with Gasteiger partial charge in [-0.2, -0.15) is 0 Å². The summed E-state index contributed by atoms with van der Waals surface area (Å²) in [6, 6.07) is 75.2. The third-order valence-electron chi connectivity index (χ3n) is 10.9. The Bertz CT molecular complexity index is 2500. The van der Waals surface area contributed by atoms with Crippen molar-refractivity contribution in [3.8, 4) is 22.3 Å². The first-order valence-electron chi connectivity index (χ1n) is 18.0. The molecule has 2 aliphatic carbocycles. The maximum absolute atomic E-state index is 2.46. The molecule has 0 aliphatic heterocycles. The van der Waals surface area contributed by atoms with Gasteiger partial charge in [0.25, 0.3) is 0 Å². The Balaban J connectivity index is 1.14. The third-order valence-corrected chi connectivity index (χ3v) is 10.9. The molecule has 0 saturated carbocycles. The highest BCUT2D eigenvalue weighted by Gasteiger charge is 2.51. The second-order valence-electron chi connectivity index (χ2n) is 13.7. The van der Waals surface area contributed by atoms with Crippen LogP contribution < -0.4 is 4.90 Å². The van der Waals surface area contributed by atoms with Gasteiger partial charge in [0.05, 0.1) is 5.41 Å². The number of nitrogens with zero attached hydrogens (tertiary/aromatic N) is 1. The van der Waals surface area contributed by atoms with Crippen molar-refractivity contribution in [2.24, 2.45) is 0 Å². The van der Waals surface area contributed by atoms with E-state index in [0.717, 1.165) is 22.6 Å². The summed E-state index contributed by atoms with van der Waals surface area (Å²) < 4.78 is 0. The number of hydrogen-bond acceptors (Lipinski definition) is 1. The molecule has 1 nitrogen and oxygen atoms in total. The SMILES string of the molecule is C(=C(c1ccccc1)c1ccccc1)c1ccc(N(c2ccccc2)c2ccc3c(c2)C2(c4ccccc4-c4ccccc42)c2ccccc2-3)cc1. The maximum Gasteiger partial charge on any atom is 0.0726 e. The fourth-order valence-corrected chi connectivity index (χ4v) is 8.70. The fourth-order valence-electron chi connectivity index (χ4n) is 8.70. The van der Waals surface area contributed by atoms with Crippen molar-refractivity contribution in [2.45, 2.75) is 5.41 Å². The molecule has 8 aromatic carbocycles. The molecule has 0 fully saturated rings. The Morgan fingerprint density at radius 2 is 0.750 bits per heavy atom. The largest absolute Gasteiger partial charge is 0.310 e. The second kappa shape index (κ2) is 12.3. The van der Waals surface area contributed by atoms with Crippen LogP contribution in [0.1, 0.15) is 38.9 Å². The predicted molar refractivity (Wildman–Crippen MR) is 217 cm³/mol. The maximum atomic E-state index is 2.46. The summed E-state index contributed by atoms with van der Waals surface area (Å²) in [4.78, 5) is 2.40. The van der Waals surface area contributed by atoms with Crippen molar-refractivity contribution in [3.05, 3.63) is 245 Å². The van der Waals surface area contributed by atoms with Crippen molar-refractivity contribution in [1.82, 2.24) is 0 Å². The normalized spacial score (nSPS) is 12.8. The van der Waals surface area contributed by atoms with Crippen LogP contribution in [0.5, 0.6) is 0 Å². The number of rotatable bonds is 6. The smallest absolute Gasteiger partial charge is 0.0726 e. The first kappa shape index (κ1) is 30.2. The molecule has 1 heteroatoms. The summed E-state index contributed by atoms with van der Waals surface area (Å²) in [6.07, 6.45) is 2.30. The minimum atomic E-state index is -0.391. The van der Waals surface area contributed by atoms with Gasteiger partial charge in [0.1, 0.15) is 0 Å². The molecule has 8 aromatic rings. The van der Waals surface area contributed by atoms with Crippen LogP contribution in [0.2, 0.25) is 0 Å². The van der Waals surface area contributed by atoms with Crippen LogP contribution in [0, 0.1) is 0 Å². The van der Waals surface area contributed by atoms with Gasteiger partial charge in [0.15, 0.2) is 0 Å². The first-order valence-corrected chi connectivity index (χ1v) is 18.0. The molecule has 0 radical (unpaired) electrons. The van der Waals surface area contributed by atoms with E-state index >= 15 is 0 Å². The number of fused-ring (bicyclic) bond motifs is 10. The lowest BCUT2D eigenvalue weighted by Gasteiger charge is -2.32. The molecule has 0 unspecified atom stereocenters. The standard InChI is InChI=1S/C51H35N/c1-4-16-37(17-5-1)46(38-18-6-2-7-19-38)34-36-28-30-40(31-29-36)52(39-20-8-3-9-21-39)41-32-33-45-44-24-12-15-27-49(44)51(50(45)35-41)47-25-13-10-22-42(47)43-23-11-14-26-48(43)51/h1-35H. The zero-order valence-corrected chi connectivity index (χ0v) is 28.7. The lowest BCUT2D eigenvalue weighted by molar-refractivity contribution is 0.793. The molecular formula is C51H35N. The van der Waals surface area contributed by atoms with Gasteiger partial charge in [-0.25, -0.2) is 0 Å². The fraction of sp³-hybridized carbons (Fsp3) is 0.0196. The summed E-state index contributed by atoms with van der Waals surface area (Å²) in [7, 11) is 0. The van der Waals surface area contributed by atoms with Crippen LogP contribution in [-0.4, -0.2) is 0 Å². The van der Waals surface area contributed by atoms with E-state index in [0.29, 0.717) is 0 Å². The lowest BCUT2D eigenvalue weighted by Crippen LogP contribution is -2.26. The quantitative estimate of drug-likeness (QED) is 0.160. The summed E-state index contributed by atoms with van der Waals surface area (Å²) in [5.74, 6) is 0. The van der Waals surface area contributed by atoms with E-state index in [1.807, 2.05) is 0 Å². The van der Waals surface area contributed by atoms with E-state index < -0.39 is 5.41 Å². The molecule has 0 saturated heterocycles. The number of para-hydroxylation sites is 1. The average Bonchev–Trinajstić information content (AvgIpc) is 3.69. The minimum Gasteiger partial charge on any atom is -0.310 e. The highest BCUT2D eigenvalue weighted by molar-refractivity contribution is 5.96. The molecule has 1 spiro atoms. The third kappa shape index (κ3) is 4.63. The minimum absolute atomic E-state index is 0.391. The van der Waals surface area contributed by atoms with Crippen LogP contribution >= 0.6 is 0 Å². The van der Waals surface area contributed by atoms with Crippen molar-refractivity contribution in [3.63, 3.8) is 0 Å². The van der Waals surface area contributed by atoms with Crippen LogP contribution in [0.4, 0.5) is 17.1 Å². The Labute approximate surface area is 305 Å². The zero-order valence-electron chi connectivity index (χ0n) is 28.7. The second-order valence-corrected chi connectivity index (χ2v) is 13.7. The summed E-state index contributed by atoms with van der Waals surface area (Å²) in [5.41, 5.74) is 18.4. The average molecular weight is 662 g/mol. The highest BCUT2D eigenvalue weighted by Crippen LogP contribution is 2.63. The van der Waals surface area contributed by atoms with Gasteiger partial charge in [0, 0.05) is 17.1 Å². The summed E-state index contributed by atoms with van der Waals surface area (Å²) >= 11 is 0. The van der Waals surface area contributed by atoms with Crippen LogP contribution in [0.25, 0.3) is 33.9 Å². The molecule has 0 bridgehead atoms. The van der Waals surface area contributed by atoms with Gasteiger partial charge in [-0.1, -0.05) is 170 Å². The zero-order chi connectivity index (χ0) is 34.5. The molecule has 0 heterocycles. The molecule has 0 amide bonds. The number of hydrogen-bond donors (Lipinski definition) is 0. The first-order chi connectivity index (χ1) is 25.8.